The van der Waals surface area contributed by atoms with E-state index < -0.39 is 0 Å². The predicted octanol–water partition coefficient (Wildman–Crippen LogP) is 3.50. The van der Waals surface area contributed by atoms with Gasteiger partial charge in [0.15, 0.2) is 0 Å². The standard InChI is InChI=1S/C12H14S/c1-2-4-11(5-3-1)10-12-6-8-13-9-7-12/h1-6,8,12H,7,9-10H2. The van der Waals surface area contributed by atoms with Gasteiger partial charge >= 0.3 is 0 Å². The lowest BCUT2D eigenvalue weighted by molar-refractivity contribution is 0.627. The molecule has 0 aromatic heterocycles. The Balaban J connectivity index is 1.98. The van der Waals surface area contributed by atoms with E-state index in [0.717, 1.165) is 5.92 Å². The fraction of sp³-hybridized carbons (Fsp3) is 0.333. The second-order valence-electron chi connectivity index (χ2n) is 3.44. The maximum atomic E-state index is 2.35. The van der Waals surface area contributed by atoms with Crippen molar-refractivity contribution in [2.45, 2.75) is 12.8 Å². The van der Waals surface area contributed by atoms with Gasteiger partial charge in [0.25, 0.3) is 0 Å². The Morgan fingerprint density at radius 1 is 1.23 bits per heavy atom. The van der Waals surface area contributed by atoms with Crippen molar-refractivity contribution in [3.8, 4) is 0 Å². The molecule has 0 aliphatic carbocycles. The molecule has 0 saturated carbocycles. The van der Waals surface area contributed by atoms with Crippen LogP contribution in [0.25, 0.3) is 0 Å². The molecule has 68 valence electrons. The van der Waals surface area contributed by atoms with E-state index in [9.17, 15) is 0 Å². The van der Waals surface area contributed by atoms with Gasteiger partial charge in [-0.05, 0) is 35.5 Å². The van der Waals surface area contributed by atoms with Gasteiger partial charge in [-0.1, -0.05) is 36.4 Å². The van der Waals surface area contributed by atoms with Gasteiger partial charge in [-0.3, -0.25) is 0 Å². The highest BCUT2D eigenvalue weighted by Crippen LogP contribution is 2.22. The third-order valence-electron chi connectivity index (χ3n) is 2.39. The van der Waals surface area contributed by atoms with Gasteiger partial charge in [0.2, 0.25) is 0 Å². The minimum Gasteiger partial charge on any atom is -0.134 e. The molecule has 1 aliphatic rings. The Bertz CT molecular complexity index is 276. The Morgan fingerprint density at radius 2 is 2.08 bits per heavy atom. The van der Waals surface area contributed by atoms with Gasteiger partial charge < -0.3 is 0 Å². The first kappa shape index (κ1) is 8.89. The summed E-state index contributed by atoms with van der Waals surface area (Å²) in [6.07, 6.45) is 4.88. The molecule has 1 aromatic rings. The van der Waals surface area contributed by atoms with Crippen LogP contribution < -0.4 is 0 Å². The zero-order valence-electron chi connectivity index (χ0n) is 7.65. The van der Waals surface area contributed by atoms with Gasteiger partial charge in [0.05, 0.1) is 0 Å². The molecule has 0 bridgehead atoms. The quantitative estimate of drug-likeness (QED) is 0.688. The van der Waals surface area contributed by atoms with E-state index in [0.29, 0.717) is 0 Å². The molecule has 1 unspecified atom stereocenters. The molecule has 0 saturated heterocycles. The molecule has 1 atom stereocenters. The van der Waals surface area contributed by atoms with E-state index in [4.69, 9.17) is 0 Å². The van der Waals surface area contributed by atoms with Crippen LogP contribution in [0.4, 0.5) is 0 Å². The van der Waals surface area contributed by atoms with Gasteiger partial charge in [-0.15, -0.1) is 11.8 Å². The largest absolute Gasteiger partial charge is 0.134 e. The number of rotatable bonds is 2. The van der Waals surface area contributed by atoms with Crippen molar-refractivity contribution in [2.75, 3.05) is 5.75 Å². The third-order valence-corrected chi connectivity index (χ3v) is 3.22. The molecule has 0 spiro atoms. The molecule has 1 heterocycles. The number of thioether (sulfide) groups is 1. The number of allylic oxidation sites excluding steroid dienone is 1. The molecule has 1 aromatic carbocycles. The van der Waals surface area contributed by atoms with E-state index in [1.807, 2.05) is 11.8 Å². The van der Waals surface area contributed by atoms with E-state index in [1.165, 1.54) is 24.2 Å². The Kier molecular flexibility index (Phi) is 3.09. The van der Waals surface area contributed by atoms with Gasteiger partial charge in [0.1, 0.15) is 0 Å². The zero-order chi connectivity index (χ0) is 8.93. The van der Waals surface area contributed by atoms with Crippen molar-refractivity contribution in [1.29, 1.82) is 0 Å². The van der Waals surface area contributed by atoms with E-state index in [1.54, 1.807) is 0 Å². The summed E-state index contributed by atoms with van der Waals surface area (Å²) in [5.74, 6) is 2.05. The van der Waals surface area contributed by atoms with Gasteiger partial charge in [-0.25, -0.2) is 0 Å². The number of benzene rings is 1. The monoisotopic (exact) mass is 190 g/mol. The topological polar surface area (TPSA) is 0 Å². The Hall–Kier alpha value is -0.690. The minimum absolute atomic E-state index is 0.767. The fourth-order valence-corrected chi connectivity index (χ4v) is 2.55. The second kappa shape index (κ2) is 4.52. The van der Waals surface area contributed by atoms with Crippen molar-refractivity contribution in [2.24, 2.45) is 5.92 Å². The summed E-state index contributed by atoms with van der Waals surface area (Å²) in [6, 6.07) is 10.8. The maximum absolute atomic E-state index is 2.35. The lowest BCUT2D eigenvalue weighted by Crippen LogP contribution is -2.05. The molecular formula is C12H14S. The number of hydrogen-bond acceptors (Lipinski definition) is 1. The average molecular weight is 190 g/mol. The summed E-state index contributed by atoms with van der Waals surface area (Å²) in [7, 11) is 0. The first-order chi connectivity index (χ1) is 6.45. The van der Waals surface area contributed by atoms with Crippen molar-refractivity contribution < 1.29 is 0 Å². The number of hydrogen-bond donors (Lipinski definition) is 0. The first-order valence-electron chi connectivity index (χ1n) is 4.77. The van der Waals surface area contributed by atoms with Crippen LogP contribution in [0.3, 0.4) is 0 Å². The van der Waals surface area contributed by atoms with Crippen LogP contribution in [0.15, 0.2) is 41.8 Å². The molecule has 1 heteroatoms. The maximum Gasteiger partial charge on any atom is -0.00204 e. The van der Waals surface area contributed by atoms with Crippen LogP contribution in [-0.2, 0) is 6.42 Å². The average Bonchev–Trinajstić information content (AvgIpc) is 2.21. The van der Waals surface area contributed by atoms with Crippen molar-refractivity contribution in [3.05, 3.63) is 47.4 Å². The highest BCUT2D eigenvalue weighted by atomic mass is 32.2. The second-order valence-corrected chi connectivity index (χ2v) is 4.45. The molecule has 2 rings (SSSR count). The van der Waals surface area contributed by atoms with Crippen LogP contribution in [0, 0.1) is 5.92 Å². The van der Waals surface area contributed by atoms with E-state index >= 15 is 0 Å². The summed E-state index contributed by atoms with van der Waals surface area (Å²) < 4.78 is 0. The molecule has 0 N–H and O–H groups in total. The van der Waals surface area contributed by atoms with Crippen molar-refractivity contribution >= 4 is 11.8 Å². The minimum atomic E-state index is 0.767. The Labute approximate surface area is 84.0 Å². The predicted molar refractivity (Wildman–Crippen MR) is 59.9 cm³/mol. The van der Waals surface area contributed by atoms with Crippen LogP contribution in [0.2, 0.25) is 0 Å². The summed E-state index contributed by atoms with van der Waals surface area (Å²) in [5, 5.41) is 2.25. The first-order valence-corrected chi connectivity index (χ1v) is 5.82. The van der Waals surface area contributed by atoms with Crippen LogP contribution in [-0.4, -0.2) is 5.75 Å². The molecule has 1 aliphatic heterocycles. The van der Waals surface area contributed by atoms with Crippen LogP contribution in [0.5, 0.6) is 0 Å². The SMILES string of the molecule is C1=CC(Cc2ccccc2)CCS1. The van der Waals surface area contributed by atoms with E-state index in [-0.39, 0.29) is 0 Å². The normalized spacial score (nSPS) is 21.7. The fourth-order valence-electron chi connectivity index (χ4n) is 1.64. The molecule has 0 amide bonds. The molecule has 13 heavy (non-hydrogen) atoms. The highest BCUT2D eigenvalue weighted by Gasteiger charge is 2.08. The van der Waals surface area contributed by atoms with Crippen LogP contribution in [0.1, 0.15) is 12.0 Å². The third kappa shape index (κ3) is 2.63. The van der Waals surface area contributed by atoms with Gasteiger partial charge in [0, 0.05) is 0 Å². The smallest absolute Gasteiger partial charge is 0.00204 e. The summed E-state index contributed by atoms with van der Waals surface area (Å²) >= 11 is 1.93. The summed E-state index contributed by atoms with van der Waals surface area (Å²) in [4.78, 5) is 0. The summed E-state index contributed by atoms with van der Waals surface area (Å²) in [5.41, 5.74) is 1.46. The zero-order valence-corrected chi connectivity index (χ0v) is 8.46. The highest BCUT2D eigenvalue weighted by molar-refractivity contribution is 8.02. The summed E-state index contributed by atoms with van der Waals surface area (Å²) in [6.45, 7) is 0. The lowest BCUT2D eigenvalue weighted by atomic mass is 9.97. The van der Waals surface area contributed by atoms with E-state index in [2.05, 4.69) is 41.8 Å². The Morgan fingerprint density at radius 3 is 2.77 bits per heavy atom. The van der Waals surface area contributed by atoms with Gasteiger partial charge in [-0.2, -0.15) is 0 Å². The van der Waals surface area contributed by atoms with Crippen LogP contribution >= 0.6 is 11.8 Å². The molecule has 0 nitrogen and oxygen atoms in total. The molecule has 0 fully saturated rings. The lowest BCUT2D eigenvalue weighted by Gasteiger charge is -2.15. The van der Waals surface area contributed by atoms with Crippen molar-refractivity contribution in [1.82, 2.24) is 0 Å². The molecular weight excluding hydrogens is 176 g/mol. The molecule has 0 radical (unpaired) electrons. The van der Waals surface area contributed by atoms with Crippen molar-refractivity contribution in [3.63, 3.8) is 0 Å².